The Labute approximate surface area is 139 Å². The highest BCUT2D eigenvalue weighted by Crippen LogP contribution is 2.29. The maximum Gasteiger partial charge on any atom is 0.142 e. The number of piperazine rings is 1. The zero-order chi connectivity index (χ0) is 14.7. The molecule has 21 heavy (non-hydrogen) atoms. The SMILES string of the molecule is COc1ccccc1N1CCN(c2ccc(I)cc2)CC1. The molecule has 0 saturated carbocycles. The average Bonchev–Trinajstić information content (AvgIpc) is 2.56. The molecule has 0 amide bonds. The van der Waals surface area contributed by atoms with Crippen LogP contribution in [-0.4, -0.2) is 33.3 Å². The molecule has 0 atom stereocenters. The van der Waals surface area contributed by atoms with Gasteiger partial charge >= 0.3 is 0 Å². The van der Waals surface area contributed by atoms with Crippen molar-refractivity contribution in [2.75, 3.05) is 43.1 Å². The lowest BCUT2D eigenvalue weighted by molar-refractivity contribution is 0.413. The Balaban J connectivity index is 1.69. The predicted molar refractivity (Wildman–Crippen MR) is 96.6 cm³/mol. The monoisotopic (exact) mass is 394 g/mol. The number of methoxy groups -OCH3 is 1. The predicted octanol–water partition coefficient (Wildman–Crippen LogP) is 3.63. The van der Waals surface area contributed by atoms with Gasteiger partial charge < -0.3 is 14.5 Å². The number of hydrogen-bond donors (Lipinski definition) is 0. The van der Waals surface area contributed by atoms with E-state index >= 15 is 0 Å². The molecule has 1 fully saturated rings. The molecule has 0 aliphatic carbocycles. The first-order chi connectivity index (χ1) is 10.3. The van der Waals surface area contributed by atoms with Crippen LogP contribution < -0.4 is 14.5 Å². The number of hydrogen-bond acceptors (Lipinski definition) is 3. The van der Waals surface area contributed by atoms with E-state index in [4.69, 9.17) is 4.74 Å². The van der Waals surface area contributed by atoms with Crippen LogP contribution in [0.4, 0.5) is 11.4 Å². The van der Waals surface area contributed by atoms with E-state index in [1.165, 1.54) is 14.9 Å². The molecule has 0 aromatic heterocycles. The summed E-state index contributed by atoms with van der Waals surface area (Å²) in [4.78, 5) is 4.85. The van der Waals surface area contributed by atoms with Crippen LogP contribution in [0.2, 0.25) is 0 Å². The number of rotatable bonds is 3. The van der Waals surface area contributed by atoms with Gasteiger partial charge in [-0.2, -0.15) is 0 Å². The van der Waals surface area contributed by atoms with Crippen molar-refractivity contribution in [2.45, 2.75) is 0 Å². The molecule has 1 aliphatic heterocycles. The molecule has 1 aliphatic rings. The molecule has 0 unspecified atom stereocenters. The zero-order valence-electron chi connectivity index (χ0n) is 12.1. The van der Waals surface area contributed by atoms with E-state index in [9.17, 15) is 0 Å². The standard InChI is InChI=1S/C17H19IN2O/c1-21-17-5-3-2-4-16(17)20-12-10-19(11-13-20)15-8-6-14(18)7-9-15/h2-9H,10-13H2,1H3. The Morgan fingerprint density at radius 3 is 2.14 bits per heavy atom. The molecule has 110 valence electrons. The lowest BCUT2D eigenvalue weighted by Gasteiger charge is -2.37. The minimum atomic E-state index is 0.959. The van der Waals surface area contributed by atoms with E-state index in [2.05, 4.69) is 68.8 Å². The van der Waals surface area contributed by atoms with Gasteiger partial charge in [0.25, 0.3) is 0 Å². The third-order valence-corrected chi connectivity index (χ3v) is 4.62. The number of anilines is 2. The Kier molecular flexibility index (Phi) is 4.53. The van der Waals surface area contributed by atoms with E-state index in [1.807, 2.05) is 12.1 Å². The number of ether oxygens (including phenoxy) is 1. The van der Waals surface area contributed by atoms with Gasteiger partial charge in [0, 0.05) is 35.4 Å². The van der Waals surface area contributed by atoms with Gasteiger partial charge in [-0.25, -0.2) is 0 Å². The largest absolute Gasteiger partial charge is 0.495 e. The third-order valence-electron chi connectivity index (χ3n) is 3.90. The second-order valence-corrected chi connectivity index (χ2v) is 6.37. The molecule has 2 aromatic carbocycles. The highest BCUT2D eigenvalue weighted by atomic mass is 127. The van der Waals surface area contributed by atoms with Gasteiger partial charge in [-0.3, -0.25) is 0 Å². The van der Waals surface area contributed by atoms with Gasteiger partial charge in [0.1, 0.15) is 5.75 Å². The second-order valence-electron chi connectivity index (χ2n) is 5.12. The van der Waals surface area contributed by atoms with E-state index in [1.54, 1.807) is 7.11 Å². The van der Waals surface area contributed by atoms with Crippen molar-refractivity contribution in [3.05, 3.63) is 52.1 Å². The number of benzene rings is 2. The molecule has 1 heterocycles. The first-order valence-electron chi connectivity index (χ1n) is 7.16. The molecule has 3 nitrogen and oxygen atoms in total. The number of nitrogens with zero attached hydrogens (tertiary/aromatic N) is 2. The minimum Gasteiger partial charge on any atom is -0.495 e. The summed E-state index contributed by atoms with van der Waals surface area (Å²) in [5, 5.41) is 0. The fourth-order valence-electron chi connectivity index (χ4n) is 2.75. The van der Waals surface area contributed by atoms with Crippen molar-refractivity contribution in [3.8, 4) is 5.75 Å². The van der Waals surface area contributed by atoms with E-state index < -0.39 is 0 Å². The van der Waals surface area contributed by atoms with Crippen molar-refractivity contribution < 1.29 is 4.74 Å². The first-order valence-corrected chi connectivity index (χ1v) is 8.24. The summed E-state index contributed by atoms with van der Waals surface area (Å²) < 4.78 is 6.75. The second kappa shape index (κ2) is 6.56. The summed E-state index contributed by atoms with van der Waals surface area (Å²) in [6.07, 6.45) is 0. The molecule has 0 spiro atoms. The van der Waals surface area contributed by atoms with Gasteiger partial charge in [0.05, 0.1) is 12.8 Å². The zero-order valence-corrected chi connectivity index (χ0v) is 14.3. The summed E-state index contributed by atoms with van der Waals surface area (Å²) in [6, 6.07) is 17.0. The van der Waals surface area contributed by atoms with Crippen LogP contribution in [0.1, 0.15) is 0 Å². The van der Waals surface area contributed by atoms with Crippen LogP contribution in [0.15, 0.2) is 48.5 Å². The van der Waals surface area contributed by atoms with Crippen molar-refractivity contribution in [1.29, 1.82) is 0 Å². The van der Waals surface area contributed by atoms with Crippen molar-refractivity contribution >= 4 is 34.0 Å². The van der Waals surface area contributed by atoms with Gasteiger partial charge in [-0.15, -0.1) is 0 Å². The van der Waals surface area contributed by atoms with Gasteiger partial charge in [-0.1, -0.05) is 12.1 Å². The van der Waals surface area contributed by atoms with Gasteiger partial charge in [0.2, 0.25) is 0 Å². The van der Waals surface area contributed by atoms with Gasteiger partial charge in [-0.05, 0) is 59.0 Å². The van der Waals surface area contributed by atoms with Crippen LogP contribution in [0, 0.1) is 3.57 Å². The quantitative estimate of drug-likeness (QED) is 0.740. The van der Waals surface area contributed by atoms with Crippen LogP contribution >= 0.6 is 22.6 Å². The molecule has 1 saturated heterocycles. The van der Waals surface area contributed by atoms with Crippen LogP contribution in [-0.2, 0) is 0 Å². The molecular formula is C17H19IN2O. The Morgan fingerprint density at radius 2 is 1.48 bits per heavy atom. The maximum absolute atomic E-state index is 5.47. The smallest absolute Gasteiger partial charge is 0.142 e. The highest BCUT2D eigenvalue weighted by Gasteiger charge is 2.19. The highest BCUT2D eigenvalue weighted by molar-refractivity contribution is 14.1. The lowest BCUT2D eigenvalue weighted by atomic mass is 10.2. The topological polar surface area (TPSA) is 15.7 Å². The summed E-state index contributed by atoms with van der Waals surface area (Å²) in [5.41, 5.74) is 2.51. The van der Waals surface area contributed by atoms with Crippen LogP contribution in [0.3, 0.4) is 0 Å². The lowest BCUT2D eigenvalue weighted by Crippen LogP contribution is -2.46. The Hall–Kier alpha value is -1.43. The summed E-state index contributed by atoms with van der Waals surface area (Å²) >= 11 is 2.35. The fraction of sp³-hybridized carbons (Fsp3) is 0.294. The Bertz CT molecular complexity index is 592. The Morgan fingerprint density at radius 1 is 0.857 bits per heavy atom. The van der Waals surface area contributed by atoms with E-state index in [0.717, 1.165) is 31.9 Å². The molecular weight excluding hydrogens is 375 g/mol. The first kappa shape index (κ1) is 14.5. The molecule has 0 radical (unpaired) electrons. The maximum atomic E-state index is 5.47. The average molecular weight is 394 g/mol. The van der Waals surface area contributed by atoms with Crippen molar-refractivity contribution in [1.82, 2.24) is 0 Å². The van der Waals surface area contributed by atoms with Crippen LogP contribution in [0.5, 0.6) is 5.75 Å². The fourth-order valence-corrected chi connectivity index (χ4v) is 3.11. The van der Waals surface area contributed by atoms with Crippen molar-refractivity contribution in [2.24, 2.45) is 0 Å². The molecule has 4 heteroatoms. The number of halogens is 1. The third kappa shape index (κ3) is 3.26. The molecule has 0 N–H and O–H groups in total. The summed E-state index contributed by atoms with van der Waals surface area (Å²) in [5.74, 6) is 0.959. The summed E-state index contributed by atoms with van der Waals surface area (Å²) in [7, 11) is 1.74. The minimum absolute atomic E-state index is 0.959. The van der Waals surface area contributed by atoms with E-state index in [-0.39, 0.29) is 0 Å². The molecule has 0 bridgehead atoms. The summed E-state index contributed by atoms with van der Waals surface area (Å²) in [6.45, 7) is 4.12. The van der Waals surface area contributed by atoms with Crippen molar-refractivity contribution in [3.63, 3.8) is 0 Å². The normalized spacial score (nSPS) is 15.1. The number of para-hydroxylation sites is 2. The van der Waals surface area contributed by atoms with Crippen LogP contribution in [0.25, 0.3) is 0 Å². The molecule has 2 aromatic rings. The molecule has 3 rings (SSSR count). The van der Waals surface area contributed by atoms with Gasteiger partial charge in [0.15, 0.2) is 0 Å². The van der Waals surface area contributed by atoms with E-state index in [0.29, 0.717) is 0 Å².